The number of hydroxylamine groups is 1. The summed E-state index contributed by atoms with van der Waals surface area (Å²) < 4.78 is 5.43. The third-order valence-electron chi connectivity index (χ3n) is 3.24. The van der Waals surface area contributed by atoms with Gasteiger partial charge >= 0.3 is 0 Å². The zero-order valence-electron chi connectivity index (χ0n) is 8.98. The van der Waals surface area contributed by atoms with Gasteiger partial charge < -0.3 is 10.5 Å². The van der Waals surface area contributed by atoms with Gasteiger partial charge in [-0.3, -0.25) is 14.4 Å². The highest BCUT2D eigenvalue weighted by molar-refractivity contribution is 5.81. The van der Waals surface area contributed by atoms with Crippen molar-refractivity contribution in [3.8, 4) is 0 Å². The smallest absolute Gasteiger partial charge is 0.272 e. The maximum Gasteiger partial charge on any atom is 0.272 e. The highest BCUT2D eigenvalue weighted by atomic mass is 16.7. The van der Waals surface area contributed by atoms with Gasteiger partial charge in [0.2, 0.25) is 5.91 Å². The number of nitrogens with two attached hydrogens (primary N) is 1. The van der Waals surface area contributed by atoms with Gasteiger partial charge in [0, 0.05) is 0 Å². The number of carbonyl (C=O) groups excluding carboxylic acids is 2. The van der Waals surface area contributed by atoms with Gasteiger partial charge in [-0.1, -0.05) is 6.42 Å². The lowest BCUT2D eigenvalue weighted by molar-refractivity contribution is -0.147. The topological polar surface area (TPSA) is 90.7 Å². The van der Waals surface area contributed by atoms with E-state index in [0.29, 0.717) is 18.4 Å². The number of carbonyl (C=O) groups is 2. The first kappa shape index (κ1) is 11.3. The molecule has 2 fully saturated rings. The van der Waals surface area contributed by atoms with Gasteiger partial charge in [0.25, 0.3) is 5.91 Å². The largest absolute Gasteiger partial charge is 0.368 e. The van der Waals surface area contributed by atoms with Crippen LogP contribution in [0.15, 0.2) is 0 Å². The first-order valence-electron chi connectivity index (χ1n) is 5.50. The Balaban J connectivity index is 1.79. The summed E-state index contributed by atoms with van der Waals surface area (Å²) >= 11 is 0. The van der Waals surface area contributed by atoms with E-state index in [-0.39, 0.29) is 12.5 Å². The van der Waals surface area contributed by atoms with E-state index < -0.39 is 12.0 Å². The lowest BCUT2D eigenvalue weighted by Crippen LogP contribution is -2.39. The zero-order chi connectivity index (χ0) is 11.5. The molecule has 1 saturated heterocycles. The molecule has 0 radical (unpaired) electrons. The van der Waals surface area contributed by atoms with Gasteiger partial charge in [0.1, 0.15) is 6.10 Å². The zero-order valence-corrected chi connectivity index (χ0v) is 8.98. The second-order valence-electron chi connectivity index (χ2n) is 4.33. The molecule has 6 nitrogen and oxygen atoms in total. The van der Waals surface area contributed by atoms with E-state index in [9.17, 15) is 9.59 Å². The highest BCUT2D eigenvalue weighted by Gasteiger charge is 2.43. The average Bonchev–Trinajstić information content (AvgIpc) is 2.76. The molecule has 2 rings (SSSR count). The molecule has 90 valence electrons. The van der Waals surface area contributed by atoms with E-state index in [1.54, 1.807) is 0 Å². The average molecular weight is 228 g/mol. The molecule has 0 aromatic heterocycles. The van der Waals surface area contributed by atoms with Crippen LogP contribution < -0.4 is 11.2 Å². The van der Waals surface area contributed by atoms with Gasteiger partial charge in [-0.2, -0.15) is 0 Å². The lowest BCUT2D eigenvalue weighted by atomic mass is 9.94. The molecule has 2 amide bonds. The number of rotatable bonds is 4. The van der Waals surface area contributed by atoms with Crippen LogP contribution in [0.4, 0.5) is 0 Å². The molecular weight excluding hydrogens is 212 g/mol. The highest BCUT2D eigenvalue weighted by Crippen LogP contribution is 2.40. The van der Waals surface area contributed by atoms with Gasteiger partial charge in [0.05, 0.1) is 6.61 Å². The van der Waals surface area contributed by atoms with Crippen LogP contribution in [0.2, 0.25) is 0 Å². The van der Waals surface area contributed by atoms with Crippen molar-refractivity contribution in [2.24, 2.45) is 17.6 Å². The molecule has 3 N–H and O–H groups in total. The maximum absolute atomic E-state index is 11.7. The number of hydrogen-bond donors (Lipinski definition) is 2. The van der Waals surface area contributed by atoms with Crippen LogP contribution in [-0.4, -0.2) is 31.1 Å². The Labute approximate surface area is 93.4 Å². The van der Waals surface area contributed by atoms with Crippen molar-refractivity contribution >= 4 is 11.8 Å². The molecular formula is C10H16N2O4. The van der Waals surface area contributed by atoms with Crippen LogP contribution in [-0.2, 0) is 19.2 Å². The van der Waals surface area contributed by atoms with Gasteiger partial charge in [0.15, 0.2) is 6.61 Å². The van der Waals surface area contributed by atoms with Crippen LogP contribution >= 0.6 is 0 Å². The van der Waals surface area contributed by atoms with Gasteiger partial charge in [-0.05, 0) is 24.7 Å². The molecule has 1 heterocycles. The first-order valence-corrected chi connectivity index (χ1v) is 5.50. The van der Waals surface area contributed by atoms with Gasteiger partial charge in [-0.15, -0.1) is 0 Å². The summed E-state index contributed by atoms with van der Waals surface area (Å²) in [6, 6.07) is 0. The van der Waals surface area contributed by atoms with E-state index in [4.69, 9.17) is 10.5 Å². The molecule has 0 aromatic carbocycles. The van der Waals surface area contributed by atoms with Crippen LogP contribution in [0, 0.1) is 11.8 Å². The van der Waals surface area contributed by atoms with Crippen LogP contribution in [0.3, 0.4) is 0 Å². The standard InChI is InChI=1S/C10H16N2O4/c11-8(13)5-16-12-10(14)9-7-3-1-2-6(7)4-15-9/h6-7,9H,1-5H2,(H2,11,13)(H,12,14)/t6-,7-,9+/m0/s1. The fourth-order valence-corrected chi connectivity index (χ4v) is 2.53. The van der Waals surface area contributed by atoms with Crippen molar-refractivity contribution in [1.82, 2.24) is 5.48 Å². The third kappa shape index (κ3) is 2.33. The van der Waals surface area contributed by atoms with E-state index in [1.807, 2.05) is 0 Å². The summed E-state index contributed by atoms with van der Waals surface area (Å²) in [6.45, 7) is 0.338. The Kier molecular flexibility index (Phi) is 3.40. The summed E-state index contributed by atoms with van der Waals surface area (Å²) in [5, 5.41) is 0. The lowest BCUT2D eigenvalue weighted by Gasteiger charge is -2.15. The number of ether oxygens (including phenoxy) is 1. The predicted octanol–water partition coefficient (Wildman–Crippen LogP) is -0.665. The molecule has 2 aliphatic rings. The monoisotopic (exact) mass is 228 g/mol. The molecule has 1 aliphatic heterocycles. The second kappa shape index (κ2) is 4.80. The maximum atomic E-state index is 11.7. The van der Waals surface area contributed by atoms with Crippen LogP contribution in [0.5, 0.6) is 0 Å². The molecule has 3 atom stereocenters. The number of amides is 2. The molecule has 0 spiro atoms. The summed E-state index contributed by atoms with van der Waals surface area (Å²) in [5.74, 6) is -0.119. The summed E-state index contributed by atoms with van der Waals surface area (Å²) in [5.41, 5.74) is 7.07. The van der Waals surface area contributed by atoms with Crippen molar-refractivity contribution in [3.05, 3.63) is 0 Å². The minimum atomic E-state index is -0.619. The van der Waals surface area contributed by atoms with Gasteiger partial charge in [-0.25, -0.2) is 5.48 Å². The van der Waals surface area contributed by atoms with Crippen molar-refractivity contribution in [2.45, 2.75) is 25.4 Å². The van der Waals surface area contributed by atoms with Crippen molar-refractivity contribution in [3.63, 3.8) is 0 Å². The molecule has 0 unspecified atom stereocenters. The Morgan fingerprint density at radius 2 is 2.25 bits per heavy atom. The summed E-state index contributed by atoms with van der Waals surface area (Å²) in [4.78, 5) is 26.7. The van der Waals surface area contributed by atoms with E-state index in [1.165, 1.54) is 0 Å². The van der Waals surface area contributed by atoms with E-state index in [2.05, 4.69) is 10.3 Å². The van der Waals surface area contributed by atoms with Crippen LogP contribution in [0.25, 0.3) is 0 Å². The predicted molar refractivity (Wildman–Crippen MR) is 53.9 cm³/mol. The van der Waals surface area contributed by atoms with Crippen LogP contribution in [0.1, 0.15) is 19.3 Å². The van der Waals surface area contributed by atoms with E-state index in [0.717, 1.165) is 19.3 Å². The molecule has 6 heteroatoms. The Morgan fingerprint density at radius 1 is 1.44 bits per heavy atom. The molecule has 0 bridgehead atoms. The second-order valence-corrected chi connectivity index (χ2v) is 4.33. The minimum absolute atomic E-state index is 0.303. The Hall–Kier alpha value is -1.14. The van der Waals surface area contributed by atoms with Crippen molar-refractivity contribution in [2.75, 3.05) is 13.2 Å². The summed E-state index contributed by atoms with van der Waals surface area (Å²) in [7, 11) is 0. The fourth-order valence-electron chi connectivity index (χ4n) is 2.53. The van der Waals surface area contributed by atoms with Crippen molar-refractivity contribution < 1.29 is 19.2 Å². The third-order valence-corrected chi connectivity index (χ3v) is 3.24. The van der Waals surface area contributed by atoms with E-state index >= 15 is 0 Å². The molecule has 1 aliphatic carbocycles. The minimum Gasteiger partial charge on any atom is -0.368 e. The molecule has 16 heavy (non-hydrogen) atoms. The Morgan fingerprint density at radius 3 is 3.00 bits per heavy atom. The molecule has 1 saturated carbocycles. The van der Waals surface area contributed by atoms with Crippen molar-refractivity contribution in [1.29, 1.82) is 0 Å². The SMILES string of the molecule is NC(=O)CONC(=O)[C@@H]1OC[C@@H]2CCC[C@@H]21. The number of nitrogens with one attached hydrogen (secondary N) is 1. The molecule has 0 aromatic rings. The number of fused-ring (bicyclic) bond motifs is 1. The fraction of sp³-hybridized carbons (Fsp3) is 0.800. The number of primary amides is 1. The summed E-state index contributed by atoms with van der Waals surface area (Å²) in [6.07, 6.45) is 2.89. The quantitative estimate of drug-likeness (QED) is 0.625. The normalized spacial score (nSPS) is 32.4. The first-order chi connectivity index (χ1) is 7.68. The number of hydrogen-bond acceptors (Lipinski definition) is 4. The Bertz CT molecular complexity index is 295.